The Morgan fingerprint density at radius 2 is 1.47 bits per heavy atom. The molecular weight excluding hydrogens is 467 g/mol. The lowest BCUT2D eigenvalue weighted by atomic mass is 9.97. The van der Waals surface area contributed by atoms with Crippen LogP contribution in [-0.4, -0.2) is 145 Å². The Morgan fingerprint density at radius 3 is 2.06 bits per heavy atom. The predicted molar refractivity (Wildman–Crippen MR) is 96.4 cm³/mol. The molecule has 2 aliphatic rings. The van der Waals surface area contributed by atoms with Crippen LogP contribution in [-0.2, 0) is 27.8 Å². The Labute approximate surface area is 181 Å². The molecule has 32 heavy (non-hydrogen) atoms. The van der Waals surface area contributed by atoms with Gasteiger partial charge in [0.2, 0.25) is 0 Å². The average Bonchev–Trinajstić information content (AvgIpc) is 2.76. The molecule has 0 bridgehead atoms. The number of aliphatic hydroxyl groups excluding tert-OH is 9. The van der Waals surface area contributed by atoms with E-state index in [-0.39, 0.29) is 0 Å². The number of phosphoric ester groups is 1. The summed E-state index contributed by atoms with van der Waals surface area (Å²) in [6.45, 7) is -3.08. The summed E-state index contributed by atoms with van der Waals surface area (Å²) < 4.78 is 36.1. The van der Waals surface area contributed by atoms with Crippen LogP contribution in [0.15, 0.2) is 0 Å². The zero-order chi connectivity index (χ0) is 24.2. The quantitative estimate of drug-likeness (QED) is 0.126. The van der Waals surface area contributed by atoms with Gasteiger partial charge in [-0.3, -0.25) is 9.05 Å². The normalized spacial score (nSPS) is 43.6. The number of hydrogen-bond donors (Lipinski definition) is 10. The van der Waals surface area contributed by atoms with E-state index in [2.05, 4.69) is 9.05 Å². The lowest BCUT2D eigenvalue weighted by molar-refractivity contribution is -0.361. The van der Waals surface area contributed by atoms with Gasteiger partial charge >= 0.3 is 7.82 Å². The molecule has 12 atom stereocenters. The lowest BCUT2D eigenvalue weighted by Gasteiger charge is -2.45. The first-order valence-corrected chi connectivity index (χ1v) is 11.0. The summed E-state index contributed by atoms with van der Waals surface area (Å²) in [4.78, 5) is 9.52. The minimum absolute atomic E-state index is 0.737. The van der Waals surface area contributed by atoms with Gasteiger partial charge in [-0.1, -0.05) is 0 Å². The SMILES string of the molecule is O=P(O)(OCC(O)CO)OC[C@H]1O[C@@H](O)[C@H](O[C@@H]2O[C@H](CO)[C@@H](O)[C@H](O)[C@H]2O)[C@@H](O)[C@@H]1O. The first kappa shape index (κ1) is 27.9. The third-order valence-electron chi connectivity index (χ3n) is 4.85. The Kier molecular flexibility index (Phi) is 10.3. The summed E-state index contributed by atoms with van der Waals surface area (Å²) in [7, 11) is -4.75. The molecule has 0 saturated carbocycles. The topological polar surface area (TPSA) is 266 Å². The van der Waals surface area contributed by atoms with Gasteiger partial charge in [0.25, 0.3) is 0 Å². The van der Waals surface area contributed by atoms with Gasteiger partial charge < -0.3 is 65.1 Å². The van der Waals surface area contributed by atoms with E-state index in [0.717, 1.165) is 0 Å². The second-order valence-electron chi connectivity index (χ2n) is 7.24. The van der Waals surface area contributed by atoms with Crippen LogP contribution in [0.4, 0.5) is 0 Å². The van der Waals surface area contributed by atoms with Crippen LogP contribution >= 0.6 is 7.82 Å². The molecule has 0 aliphatic carbocycles. The number of ether oxygens (including phenoxy) is 3. The molecular formula is C15H29O16P. The number of phosphoric acid groups is 1. The van der Waals surface area contributed by atoms with Gasteiger partial charge in [-0.05, 0) is 0 Å². The zero-order valence-corrected chi connectivity index (χ0v) is 17.4. The van der Waals surface area contributed by atoms with Crippen molar-refractivity contribution in [3.8, 4) is 0 Å². The van der Waals surface area contributed by atoms with Crippen LogP contribution in [0.2, 0.25) is 0 Å². The molecule has 2 heterocycles. The van der Waals surface area contributed by atoms with Gasteiger partial charge in [0.1, 0.15) is 54.9 Å². The van der Waals surface area contributed by atoms with E-state index in [9.17, 15) is 45.2 Å². The van der Waals surface area contributed by atoms with Crippen LogP contribution in [0.5, 0.6) is 0 Å². The van der Waals surface area contributed by atoms with Gasteiger partial charge in [0.15, 0.2) is 12.6 Å². The van der Waals surface area contributed by atoms with E-state index >= 15 is 0 Å². The summed E-state index contributed by atoms with van der Waals surface area (Å²) in [5.74, 6) is 0. The first-order valence-electron chi connectivity index (χ1n) is 9.48. The molecule has 0 radical (unpaired) electrons. The molecule has 2 unspecified atom stereocenters. The summed E-state index contributed by atoms with van der Waals surface area (Å²) in [5, 5.41) is 87.1. The van der Waals surface area contributed by atoms with Crippen molar-refractivity contribution in [2.45, 2.75) is 67.5 Å². The van der Waals surface area contributed by atoms with Gasteiger partial charge in [-0.2, -0.15) is 0 Å². The fourth-order valence-electron chi connectivity index (χ4n) is 2.98. The summed E-state index contributed by atoms with van der Waals surface area (Å²) in [5.41, 5.74) is 0. The van der Waals surface area contributed by atoms with Crippen LogP contribution in [0.25, 0.3) is 0 Å². The van der Waals surface area contributed by atoms with Crippen molar-refractivity contribution in [2.75, 3.05) is 26.4 Å². The Hall–Kier alpha value is -0.370. The molecule has 0 aromatic rings. The van der Waals surface area contributed by atoms with Crippen molar-refractivity contribution in [3.05, 3.63) is 0 Å². The van der Waals surface area contributed by atoms with Gasteiger partial charge in [0, 0.05) is 0 Å². The largest absolute Gasteiger partial charge is 0.472 e. The minimum atomic E-state index is -4.75. The minimum Gasteiger partial charge on any atom is -0.394 e. The molecule has 0 amide bonds. The molecule has 0 spiro atoms. The van der Waals surface area contributed by atoms with Crippen molar-refractivity contribution in [3.63, 3.8) is 0 Å². The maximum Gasteiger partial charge on any atom is 0.472 e. The van der Waals surface area contributed by atoms with Crippen LogP contribution in [0.1, 0.15) is 0 Å². The Balaban J connectivity index is 1.95. The van der Waals surface area contributed by atoms with E-state index in [1.165, 1.54) is 0 Å². The Bertz CT molecular complexity index is 622. The first-order chi connectivity index (χ1) is 14.9. The maximum absolute atomic E-state index is 11.7. The second kappa shape index (κ2) is 11.9. The van der Waals surface area contributed by atoms with E-state index in [4.69, 9.17) is 24.4 Å². The average molecular weight is 496 g/mol. The number of hydrogen-bond acceptors (Lipinski definition) is 15. The lowest BCUT2D eigenvalue weighted by Crippen LogP contribution is -2.64. The third kappa shape index (κ3) is 6.83. The van der Waals surface area contributed by atoms with E-state index in [0.29, 0.717) is 0 Å². The molecule has 2 aliphatic heterocycles. The molecule has 10 N–H and O–H groups in total. The third-order valence-corrected chi connectivity index (χ3v) is 5.80. The summed E-state index contributed by atoms with van der Waals surface area (Å²) >= 11 is 0. The smallest absolute Gasteiger partial charge is 0.394 e. The van der Waals surface area contributed by atoms with E-state index < -0.39 is 102 Å². The molecule has 0 aromatic heterocycles. The Morgan fingerprint density at radius 1 is 0.844 bits per heavy atom. The predicted octanol–water partition coefficient (Wildman–Crippen LogP) is -5.90. The maximum atomic E-state index is 11.7. The van der Waals surface area contributed by atoms with Crippen molar-refractivity contribution in [2.24, 2.45) is 0 Å². The number of aliphatic hydroxyl groups is 9. The fraction of sp³-hybridized carbons (Fsp3) is 1.00. The molecule has 2 fully saturated rings. The molecule has 0 aromatic carbocycles. The standard InChI is InChI=1S/C15H29O16P/c16-1-5(18)3-27-32(25,26)28-4-7-9(20)11(22)13(14(24)29-7)31-15-12(23)10(21)8(19)6(2-17)30-15/h5-24H,1-4H2,(H,25,26)/t5?,6-,7-,8-,9-,10+,11+,12-,13-,14-,15+/m1/s1. The number of rotatable bonds is 10. The van der Waals surface area contributed by atoms with Crippen molar-refractivity contribution >= 4 is 7.82 Å². The monoisotopic (exact) mass is 496 g/mol. The zero-order valence-electron chi connectivity index (χ0n) is 16.5. The highest BCUT2D eigenvalue weighted by Crippen LogP contribution is 2.44. The molecule has 17 heteroatoms. The van der Waals surface area contributed by atoms with Crippen molar-refractivity contribution < 1.29 is 78.7 Å². The van der Waals surface area contributed by atoms with Gasteiger partial charge in [-0.25, -0.2) is 4.57 Å². The summed E-state index contributed by atoms with van der Waals surface area (Å²) in [6, 6.07) is 0. The van der Waals surface area contributed by atoms with Crippen LogP contribution < -0.4 is 0 Å². The molecule has 16 nitrogen and oxygen atoms in total. The van der Waals surface area contributed by atoms with Crippen LogP contribution in [0.3, 0.4) is 0 Å². The molecule has 190 valence electrons. The highest BCUT2D eigenvalue weighted by Gasteiger charge is 2.50. The van der Waals surface area contributed by atoms with E-state index in [1.807, 2.05) is 0 Å². The highest BCUT2D eigenvalue weighted by atomic mass is 31.2. The fourth-order valence-corrected chi connectivity index (χ4v) is 3.75. The molecule has 2 saturated heterocycles. The molecule has 2 rings (SSSR count). The van der Waals surface area contributed by atoms with Crippen molar-refractivity contribution in [1.29, 1.82) is 0 Å². The second-order valence-corrected chi connectivity index (χ2v) is 8.69. The summed E-state index contributed by atoms with van der Waals surface area (Å²) in [6.07, 6.45) is -18.9. The van der Waals surface area contributed by atoms with Crippen molar-refractivity contribution in [1.82, 2.24) is 0 Å². The van der Waals surface area contributed by atoms with Gasteiger partial charge in [-0.15, -0.1) is 0 Å². The van der Waals surface area contributed by atoms with Crippen LogP contribution in [0, 0.1) is 0 Å². The highest BCUT2D eigenvalue weighted by molar-refractivity contribution is 7.47. The van der Waals surface area contributed by atoms with Gasteiger partial charge in [0.05, 0.1) is 26.4 Å². The van der Waals surface area contributed by atoms with E-state index in [1.54, 1.807) is 0 Å².